The summed E-state index contributed by atoms with van der Waals surface area (Å²) in [6.45, 7) is 5.85. The maximum absolute atomic E-state index is 13.1. The van der Waals surface area contributed by atoms with Gasteiger partial charge in [-0.3, -0.25) is 9.59 Å². The molecule has 1 fully saturated rings. The maximum atomic E-state index is 13.1. The topological polar surface area (TPSA) is 90.5 Å². The van der Waals surface area contributed by atoms with Crippen LogP contribution in [0, 0.1) is 6.92 Å². The Bertz CT molecular complexity index is 1100. The number of amides is 1. The molecule has 0 bridgehead atoms. The maximum Gasteiger partial charge on any atom is 0.279 e. The van der Waals surface area contributed by atoms with E-state index < -0.39 is 0 Å². The fourth-order valence-electron chi connectivity index (χ4n) is 3.95. The summed E-state index contributed by atoms with van der Waals surface area (Å²) in [6, 6.07) is 9.60. The summed E-state index contributed by atoms with van der Waals surface area (Å²) in [5.41, 5.74) is 2.07. The number of carbonyl (C=O) groups excluding carboxylic acids is 1. The predicted octanol–water partition coefficient (Wildman–Crippen LogP) is 2.11. The average molecular weight is 409 g/mol. The number of carbonyl (C=O) groups is 1. The number of benzene rings is 1. The van der Waals surface area contributed by atoms with E-state index in [9.17, 15) is 9.59 Å². The lowest BCUT2D eigenvalue weighted by Gasteiger charge is -2.14. The molecule has 0 radical (unpaired) electrons. The molecular weight excluding hydrogens is 382 g/mol. The Morgan fingerprint density at radius 2 is 2.10 bits per heavy atom. The fraction of sp³-hybridized carbons (Fsp3) is 0.455. The first-order valence-electron chi connectivity index (χ1n) is 10.5. The van der Waals surface area contributed by atoms with Crippen LogP contribution in [0.15, 0.2) is 35.1 Å². The molecule has 3 heterocycles. The standard InChI is InChI=1S/C22H27N5O3/c1-3-26-15(2)18(11-12-19(28)23-14-17-10-7-13-30-17)21(29)27-22(26)24-20(25-27)16-8-5-4-6-9-16/h4-6,8-9,17H,3,7,10-14H2,1-2H3,(H,23,28)/t17-/m0/s1. The minimum atomic E-state index is -0.214. The molecule has 1 aliphatic rings. The van der Waals surface area contributed by atoms with E-state index in [0.717, 1.165) is 30.7 Å². The molecule has 0 aliphatic carbocycles. The van der Waals surface area contributed by atoms with Crippen LogP contribution in [0.1, 0.15) is 37.4 Å². The molecule has 0 spiro atoms. The van der Waals surface area contributed by atoms with Gasteiger partial charge in [-0.05, 0) is 33.1 Å². The van der Waals surface area contributed by atoms with Gasteiger partial charge in [0.2, 0.25) is 11.7 Å². The molecule has 8 heteroatoms. The van der Waals surface area contributed by atoms with Gasteiger partial charge < -0.3 is 14.6 Å². The van der Waals surface area contributed by atoms with Crippen molar-refractivity contribution in [1.82, 2.24) is 24.5 Å². The van der Waals surface area contributed by atoms with Gasteiger partial charge in [0.25, 0.3) is 5.56 Å². The number of aromatic nitrogens is 4. The number of nitrogens with zero attached hydrogens (tertiary/aromatic N) is 4. The molecule has 4 rings (SSSR count). The molecule has 2 aromatic heterocycles. The number of aryl methyl sites for hydroxylation is 1. The number of fused-ring (bicyclic) bond motifs is 1. The molecule has 1 aromatic carbocycles. The van der Waals surface area contributed by atoms with E-state index in [1.807, 2.05) is 48.7 Å². The first-order chi connectivity index (χ1) is 14.6. The Morgan fingerprint density at radius 3 is 2.80 bits per heavy atom. The largest absolute Gasteiger partial charge is 0.376 e. The van der Waals surface area contributed by atoms with Gasteiger partial charge in [0.15, 0.2) is 5.82 Å². The second kappa shape index (κ2) is 8.79. The predicted molar refractivity (Wildman–Crippen MR) is 113 cm³/mol. The van der Waals surface area contributed by atoms with Crippen molar-refractivity contribution in [3.63, 3.8) is 0 Å². The number of ether oxygens (including phenoxy) is 1. The molecule has 1 aliphatic heterocycles. The van der Waals surface area contributed by atoms with E-state index in [1.54, 1.807) is 0 Å². The second-order valence-electron chi connectivity index (χ2n) is 7.57. The third-order valence-corrected chi connectivity index (χ3v) is 5.62. The van der Waals surface area contributed by atoms with E-state index in [2.05, 4.69) is 15.4 Å². The van der Waals surface area contributed by atoms with Gasteiger partial charge in [0, 0.05) is 42.9 Å². The van der Waals surface area contributed by atoms with E-state index in [4.69, 9.17) is 4.74 Å². The average Bonchev–Trinajstić information content (AvgIpc) is 3.43. The summed E-state index contributed by atoms with van der Waals surface area (Å²) < 4.78 is 8.87. The number of rotatable bonds is 7. The highest BCUT2D eigenvalue weighted by Gasteiger charge is 2.20. The summed E-state index contributed by atoms with van der Waals surface area (Å²) in [5, 5.41) is 7.38. The molecule has 0 saturated carbocycles. The second-order valence-corrected chi connectivity index (χ2v) is 7.57. The third-order valence-electron chi connectivity index (χ3n) is 5.62. The van der Waals surface area contributed by atoms with E-state index in [0.29, 0.717) is 36.7 Å². The normalized spacial score (nSPS) is 16.3. The van der Waals surface area contributed by atoms with Gasteiger partial charge in [0.1, 0.15) is 0 Å². The van der Waals surface area contributed by atoms with E-state index in [-0.39, 0.29) is 24.0 Å². The lowest BCUT2D eigenvalue weighted by molar-refractivity contribution is -0.121. The van der Waals surface area contributed by atoms with Crippen molar-refractivity contribution >= 4 is 11.7 Å². The van der Waals surface area contributed by atoms with Crippen LogP contribution in [0.3, 0.4) is 0 Å². The van der Waals surface area contributed by atoms with Gasteiger partial charge in [-0.15, -0.1) is 5.10 Å². The SMILES string of the molecule is CCn1c(C)c(CCC(=O)NC[C@@H]2CCCO2)c(=O)n2nc(-c3ccccc3)nc12. The quantitative estimate of drug-likeness (QED) is 0.645. The molecule has 3 aromatic rings. The smallest absolute Gasteiger partial charge is 0.279 e. The van der Waals surface area contributed by atoms with Crippen LogP contribution >= 0.6 is 0 Å². The minimum Gasteiger partial charge on any atom is -0.376 e. The first-order valence-corrected chi connectivity index (χ1v) is 10.5. The Morgan fingerprint density at radius 1 is 1.30 bits per heavy atom. The molecule has 1 saturated heterocycles. The zero-order chi connectivity index (χ0) is 21.1. The van der Waals surface area contributed by atoms with Crippen LogP contribution in [0.2, 0.25) is 0 Å². The Kier molecular flexibility index (Phi) is 5.94. The summed E-state index contributed by atoms with van der Waals surface area (Å²) in [6.07, 6.45) is 2.74. The van der Waals surface area contributed by atoms with Crippen molar-refractivity contribution in [1.29, 1.82) is 0 Å². The van der Waals surface area contributed by atoms with Crippen molar-refractivity contribution in [3.8, 4) is 11.4 Å². The van der Waals surface area contributed by atoms with Crippen molar-refractivity contribution in [2.75, 3.05) is 13.2 Å². The van der Waals surface area contributed by atoms with Gasteiger partial charge in [-0.1, -0.05) is 30.3 Å². The monoisotopic (exact) mass is 409 g/mol. The number of nitrogens with one attached hydrogen (secondary N) is 1. The highest BCUT2D eigenvalue weighted by atomic mass is 16.5. The first kappa shape index (κ1) is 20.3. The van der Waals surface area contributed by atoms with Crippen LogP contribution in [-0.2, 0) is 22.5 Å². The molecule has 0 unspecified atom stereocenters. The lowest BCUT2D eigenvalue weighted by Crippen LogP contribution is -2.33. The lowest BCUT2D eigenvalue weighted by atomic mass is 10.1. The summed E-state index contributed by atoms with van der Waals surface area (Å²) >= 11 is 0. The Balaban J connectivity index is 1.58. The molecule has 158 valence electrons. The van der Waals surface area contributed by atoms with Crippen molar-refractivity contribution in [3.05, 3.63) is 51.9 Å². The summed E-state index contributed by atoms with van der Waals surface area (Å²) in [4.78, 5) is 30.0. The molecule has 1 amide bonds. The molecule has 8 nitrogen and oxygen atoms in total. The zero-order valence-corrected chi connectivity index (χ0v) is 17.4. The van der Waals surface area contributed by atoms with Gasteiger partial charge >= 0.3 is 0 Å². The van der Waals surface area contributed by atoms with Crippen molar-refractivity contribution in [2.45, 2.75) is 52.2 Å². The van der Waals surface area contributed by atoms with Gasteiger partial charge in [-0.2, -0.15) is 9.50 Å². The van der Waals surface area contributed by atoms with Crippen LogP contribution in [0.4, 0.5) is 0 Å². The third kappa shape index (κ3) is 4.00. The van der Waals surface area contributed by atoms with Gasteiger partial charge in [-0.25, -0.2) is 0 Å². The van der Waals surface area contributed by atoms with Gasteiger partial charge in [0.05, 0.1) is 6.10 Å². The molecule has 1 atom stereocenters. The van der Waals surface area contributed by atoms with Crippen molar-refractivity contribution < 1.29 is 9.53 Å². The Hall–Kier alpha value is -3.00. The van der Waals surface area contributed by atoms with Crippen LogP contribution < -0.4 is 10.9 Å². The summed E-state index contributed by atoms with van der Waals surface area (Å²) in [5.74, 6) is 0.960. The zero-order valence-electron chi connectivity index (χ0n) is 17.4. The Labute approximate surface area is 174 Å². The van der Waals surface area contributed by atoms with Crippen LogP contribution in [0.5, 0.6) is 0 Å². The van der Waals surface area contributed by atoms with E-state index >= 15 is 0 Å². The highest BCUT2D eigenvalue weighted by Crippen LogP contribution is 2.17. The van der Waals surface area contributed by atoms with Crippen molar-refractivity contribution in [2.24, 2.45) is 0 Å². The van der Waals surface area contributed by atoms with Crippen LogP contribution in [0.25, 0.3) is 17.2 Å². The summed E-state index contributed by atoms with van der Waals surface area (Å²) in [7, 11) is 0. The number of hydrogen-bond donors (Lipinski definition) is 1. The molecular formula is C22H27N5O3. The van der Waals surface area contributed by atoms with Crippen LogP contribution in [-0.4, -0.2) is 44.3 Å². The molecule has 30 heavy (non-hydrogen) atoms. The molecule has 1 N–H and O–H groups in total. The highest BCUT2D eigenvalue weighted by molar-refractivity contribution is 5.76. The minimum absolute atomic E-state index is 0.0731. The fourth-order valence-corrected chi connectivity index (χ4v) is 3.95. The number of hydrogen-bond acceptors (Lipinski definition) is 5. The van der Waals surface area contributed by atoms with E-state index in [1.165, 1.54) is 4.52 Å².